The summed E-state index contributed by atoms with van der Waals surface area (Å²) in [6, 6.07) is -6.08. The van der Waals surface area contributed by atoms with E-state index in [1.165, 1.54) is 23.6 Å². The van der Waals surface area contributed by atoms with Crippen molar-refractivity contribution in [3.8, 4) is 0 Å². The fourth-order valence-electron chi connectivity index (χ4n) is 4.50. The fraction of sp³-hybridized carbons (Fsp3) is 0.741. The van der Waals surface area contributed by atoms with Crippen molar-refractivity contribution < 1.29 is 33.9 Å². The molecule has 1 rings (SSSR count). The molecular formula is C27H49N9O7S2. The highest BCUT2D eigenvalue weighted by Crippen LogP contribution is 2.19. The number of likely N-dealkylation sites (tertiary alicyclic amines) is 1. The number of guanidine groups is 1. The summed E-state index contributed by atoms with van der Waals surface area (Å²) in [6.45, 7) is 5.49. The molecule has 18 heteroatoms. The number of carboxylic acid groups (broad SMARTS) is 1. The van der Waals surface area contributed by atoms with Crippen LogP contribution in [0.5, 0.6) is 0 Å². The molecule has 0 unspecified atom stereocenters. The van der Waals surface area contributed by atoms with Crippen molar-refractivity contribution in [2.24, 2.45) is 28.1 Å². The Balaban J connectivity index is 3.00. The van der Waals surface area contributed by atoms with Gasteiger partial charge in [0.05, 0.1) is 6.04 Å². The summed E-state index contributed by atoms with van der Waals surface area (Å²) < 4.78 is 0. The van der Waals surface area contributed by atoms with Crippen LogP contribution in [0.2, 0.25) is 0 Å². The molecule has 0 aliphatic carbocycles. The Morgan fingerprint density at radius 1 is 0.956 bits per heavy atom. The maximum Gasteiger partial charge on any atom is 0.327 e. The largest absolute Gasteiger partial charge is 0.480 e. The van der Waals surface area contributed by atoms with Crippen molar-refractivity contribution in [3.63, 3.8) is 0 Å². The van der Waals surface area contributed by atoms with Crippen LogP contribution in [-0.4, -0.2) is 119 Å². The Morgan fingerprint density at radius 2 is 1.56 bits per heavy atom. The number of aliphatic imine (C=N–C) groups is 1. The lowest BCUT2D eigenvalue weighted by atomic mass is 10.0. The Kier molecular flexibility index (Phi) is 17.7. The number of amides is 5. The molecular weight excluding hydrogens is 626 g/mol. The molecule has 6 atom stereocenters. The molecule has 0 radical (unpaired) electrons. The van der Waals surface area contributed by atoms with Gasteiger partial charge in [-0.25, -0.2) is 4.79 Å². The number of nitrogens with one attached hydrogen (secondary N) is 4. The van der Waals surface area contributed by atoms with E-state index in [1.54, 1.807) is 13.8 Å². The molecule has 0 bridgehead atoms. The van der Waals surface area contributed by atoms with Crippen molar-refractivity contribution in [3.05, 3.63) is 0 Å². The van der Waals surface area contributed by atoms with E-state index in [0.29, 0.717) is 31.4 Å². The van der Waals surface area contributed by atoms with Crippen molar-refractivity contribution >= 4 is 65.9 Å². The zero-order valence-electron chi connectivity index (χ0n) is 26.3. The van der Waals surface area contributed by atoms with Gasteiger partial charge in [0.25, 0.3) is 0 Å². The molecule has 11 N–H and O–H groups in total. The number of carboxylic acids is 1. The summed E-state index contributed by atoms with van der Waals surface area (Å²) >= 11 is 5.45. The minimum absolute atomic E-state index is 0.0873. The standard InChI is InChI=1S/C27H49N9O7S2/c1-14(2)20(28)24(40)34-17(9-12-45-4)21(37)32-15(3)25(41)36-11-6-8-19(36)23(39)33-16(7-5-10-31-27(29)30)22(38)35-18(13-44)26(42)43/h14-20,44H,5-13,28H2,1-4H3,(H,32,37)(H,33,39)(H,34,40)(H,35,38)(H,42,43)(H4,29,30,31)/t15-,16-,17-,18-,19-,20-/m0/s1. The number of nitrogens with two attached hydrogens (primary N) is 3. The molecule has 45 heavy (non-hydrogen) atoms. The number of carbonyl (C=O) groups excluding carboxylic acids is 5. The van der Waals surface area contributed by atoms with Gasteiger partial charge in [0.1, 0.15) is 30.2 Å². The third-order valence-electron chi connectivity index (χ3n) is 7.21. The van der Waals surface area contributed by atoms with E-state index in [-0.39, 0.29) is 37.1 Å². The van der Waals surface area contributed by atoms with Crippen molar-refractivity contribution in [1.29, 1.82) is 0 Å². The zero-order valence-corrected chi connectivity index (χ0v) is 28.0. The van der Waals surface area contributed by atoms with E-state index < -0.39 is 71.8 Å². The molecule has 1 aliphatic rings. The minimum Gasteiger partial charge on any atom is -0.480 e. The lowest BCUT2D eigenvalue weighted by Gasteiger charge is -2.29. The second-order valence-corrected chi connectivity index (χ2v) is 12.5. The number of thioether (sulfide) groups is 1. The van der Waals surface area contributed by atoms with Crippen LogP contribution in [0.1, 0.15) is 52.9 Å². The van der Waals surface area contributed by atoms with E-state index in [4.69, 9.17) is 17.2 Å². The first-order chi connectivity index (χ1) is 21.1. The number of aliphatic carboxylic acids is 1. The molecule has 0 spiro atoms. The third kappa shape index (κ3) is 13.3. The quantitative estimate of drug-likeness (QED) is 0.0305. The van der Waals surface area contributed by atoms with Gasteiger partial charge >= 0.3 is 5.97 Å². The van der Waals surface area contributed by atoms with Crippen molar-refractivity contribution in [2.75, 3.05) is 30.9 Å². The molecule has 1 fully saturated rings. The molecule has 0 aromatic carbocycles. The Hall–Kier alpha value is -3.25. The molecule has 1 aliphatic heterocycles. The molecule has 5 amide bonds. The summed E-state index contributed by atoms with van der Waals surface area (Å²) in [5.41, 5.74) is 16.6. The van der Waals surface area contributed by atoms with Crippen LogP contribution < -0.4 is 38.5 Å². The summed E-state index contributed by atoms with van der Waals surface area (Å²) in [5, 5.41) is 19.6. The van der Waals surface area contributed by atoms with E-state index in [1.807, 2.05) is 6.26 Å². The average molecular weight is 676 g/mol. The first-order valence-electron chi connectivity index (χ1n) is 14.8. The Bertz CT molecular complexity index is 1080. The van der Waals surface area contributed by atoms with Gasteiger partial charge in [-0.15, -0.1) is 0 Å². The minimum atomic E-state index is -1.29. The number of hydrogen-bond donors (Lipinski definition) is 9. The summed E-state index contributed by atoms with van der Waals surface area (Å²) in [7, 11) is 0. The van der Waals surface area contributed by atoms with Crippen LogP contribution in [0, 0.1) is 5.92 Å². The number of carbonyl (C=O) groups is 6. The highest BCUT2D eigenvalue weighted by Gasteiger charge is 2.38. The number of thiol groups is 1. The maximum atomic E-state index is 13.4. The van der Waals surface area contributed by atoms with Gasteiger partial charge in [-0.2, -0.15) is 24.4 Å². The van der Waals surface area contributed by atoms with Gasteiger partial charge in [-0.3, -0.25) is 29.0 Å². The van der Waals surface area contributed by atoms with Crippen molar-refractivity contribution in [2.45, 2.75) is 89.1 Å². The monoisotopic (exact) mass is 675 g/mol. The normalized spacial score (nSPS) is 17.8. The SMILES string of the molecule is CSCC[C@H](NC(=O)[C@@H](N)C(C)C)C(=O)N[C@@H](C)C(=O)N1CCC[C@H]1C(=O)N[C@@H](CCCN=C(N)N)C(=O)N[C@@H](CS)C(=O)O. The molecule has 0 saturated carbocycles. The Morgan fingerprint density at radius 3 is 2.11 bits per heavy atom. The predicted octanol–water partition coefficient (Wildman–Crippen LogP) is -2.26. The first kappa shape index (κ1) is 39.8. The number of rotatable bonds is 19. The molecule has 1 heterocycles. The lowest BCUT2D eigenvalue weighted by Crippen LogP contribution is -2.58. The zero-order chi connectivity index (χ0) is 34.3. The predicted molar refractivity (Wildman–Crippen MR) is 175 cm³/mol. The smallest absolute Gasteiger partial charge is 0.327 e. The average Bonchev–Trinajstić information content (AvgIpc) is 3.48. The third-order valence-corrected chi connectivity index (χ3v) is 8.22. The topological polar surface area (TPSA) is 264 Å². The van der Waals surface area contributed by atoms with Crippen LogP contribution in [0.4, 0.5) is 0 Å². The highest BCUT2D eigenvalue weighted by atomic mass is 32.2. The van der Waals surface area contributed by atoms with Gasteiger partial charge in [0.2, 0.25) is 29.5 Å². The van der Waals surface area contributed by atoms with Gasteiger partial charge < -0.3 is 48.5 Å². The van der Waals surface area contributed by atoms with Gasteiger partial charge in [-0.05, 0) is 57.0 Å². The van der Waals surface area contributed by atoms with Crippen LogP contribution >= 0.6 is 24.4 Å². The Labute approximate surface area is 273 Å². The van der Waals surface area contributed by atoms with Gasteiger partial charge in [0, 0.05) is 18.8 Å². The van der Waals surface area contributed by atoms with E-state index >= 15 is 0 Å². The molecule has 16 nitrogen and oxygen atoms in total. The highest BCUT2D eigenvalue weighted by molar-refractivity contribution is 7.98. The van der Waals surface area contributed by atoms with Crippen LogP contribution in [0.15, 0.2) is 4.99 Å². The summed E-state index contributed by atoms with van der Waals surface area (Å²) in [4.78, 5) is 82.1. The maximum absolute atomic E-state index is 13.4. The first-order valence-corrected chi connectivity index (χ1v) is 16.8. The van der Waals surface area contributed by atoms with Crippen LogP contribution in [0.25, 0.3) is 0 Å². The van der Waals surface area contributed by atoms with Gasteiger partial charge in [0.15, 0.2) is 5.96 Å². The van der Waals surface area contributed by atoms with E-state index in [2.05, 4.69) is 38.9 Å². The second kappa shape index (κ2) is 20.0. The van der Waals surface area contributed by atoms with E-state index in [0.717, 1.165) is 0 Å². The lowest BCUT2D eigenvalue weighted by molar-refractivity contribution is -0.143. The molecule has 1 saturated heterocycles. The molecule has 256 valence electrons. The number of hydrogen-bond acceptors (Lipinski definition) is 10. The fourth-order valence-corrected chi connectivity index (χ4v) is 5.22. The molecule has 0 aromatic rings. The van der Waals surface area contributed by atoms with Crippen LogP contribution in [0.3, 0.4) is 0 Å². The van der Waals surface area contributed by atoms with E-state index in [9.17, 15) is 33.9 Å². The molecule has 0 aromatic heterocycles. The van der Waals surface area contributed by atoms with Crippen LogP contribution in [-0.2, 0) is 28.8 Å². The van der Waals surface area contributed by atoms with Gasteiger partial charge in [-0.1, -0.05) is 13.8 Å². The second-order valence-electron chi connectivity index (χ2n) is 11.1. The van der Waals surface area contributed by atoms with Crippen molar-refractivity contribution in [1.82, 2.24) is 26.2 Å². The summed E-state index contributed by atoms with van der Waals surface area (Å²) in [5.74, 6) is -4.03. The number of nitrogens with zero attached hydrogens (tertiary/aromatic N) is 2. The summed E-state index contributed by atoms with van der Waals surface area (Å²) in [6.07, 6.45) is 3.39.